The molecule has 1 aliphatic carbocycles. The second kappa shape index (κ2) is 14.2. The van der Waals surface area contributed by atoms with E-state index in [1.54, 1.807) is 0 Å². The predicted octanol–water partition coefficient (Wildman–Crippen LogP) is 16.0. The molecule has 12 aromatic rings. The van der Waals surface area contributed by atoms with Crippen molar-refractivity contribution in [2.45, 2.75) is 5.92 Å². The lowest BCUT2D eigenvalue weighted by molar-refractivity contribution is 1.02. The summed E-state index contributed by atoms with van der Waals surface area (Å²) < 4.78 is 4.79. The van der Waals surface area contributed by atoms with Gasteiger partial charge < -0.3 is 9.13 Å². The van der Waals surface area contributed by atoms with E-state index in [1.165, 1.54) is 105 Å². The molecule has 1 aliphatic rings. The van der Waals surface area contributed by atoms with Crippen LogP contribution in [0.2, 0.25) is 0 Å². The van der Waals surface area contributed by atoms with Gasteiger partial charge in [0.1, 0.15) is 0 Å². The van der Waals surface area contributed by atoms with Crippen molar-refractivity contribution >= 4 is 43.6 Å². The van der Waals surface area contributed by atoms with Crippen molar-refractivity contribution in [3.63, 3.8) is 0 Å². The van der Waals surface area contributed by atoms with E-state index in [0.717, 1.165) is 11.4 Å². The summed E-state index contributed by atoms with van der Waals surface area (Å²) in [6.07, 6.45) is 0. The number of rotatable bonds is 6. The van der Waals surface area contributed by atoms with Crippen LogP contribution in [0.25, 0.3) is 99.5 Å². The molecular weight excluding hydrogens is 761 g/mol. The quantitative estimate of drug-likeness (QED) is 0.159. The summed E-state index contributed by atoms with van der Waals surface area (Å²) in [5.74, 6) is 0.207. The fourth-order valence-corrected chi connectivity index (χ4v) is 10.5. The van der Waals surface area contributed by atoms with Crippen molar-refractivity contribution in [2.75, 3.05) is 0 Å². The van der Waals surface area contributed by atoms with Gasteiger partial charge in [0.15, 0.2) is 0 Å². The molecule has 2 heterocycles. The van der Waals surface area contributed by atoms with Gasteiger partial charge in [-0.25, -0.2) is 0 Å². The number of benzene rings is 10. The highest BCUT2D eigenvalue weighted by molar-refractivity contribution is 6.11. The minimum atomic E-state index is 0.207. The molecule has 0 spiro atoms. The van der Waals surface area contributed by atoms with Crippen molar-refractivity contribution in [2.24, 2.45) is 0 Å². The lowest BCUT2D eigenvalue weighted by Gasteiger charge is -2.16. The van der Waals surface area contributed by atoms with Crippen molar-refractivity contribution in [3.8, 4) is 55.9 Å². The van der Waals surface area contributed by atoms with Crippen LogP contribution in [0.1, 0.15) is 22.6 Å². The number of fused-ring (bicyclic) bond motifs is 9. The average molecular weight is 801 g/mol. The summed E-state index contributed by atoms with van der Waals surface area (Å²) in [7, 11) is 0. The summed E-state index contributed by atoms with van der Waals surface area (Å²) in [6.45, 7) is 0. The Morgan fingerprint density at radius 2 is 0.667 bits per heavy atom. The maximum absolute atomic E-state index is 2.41. The summed E-state index contributed by atoms with van der Waals surface area (Å²) in [5, 5.41) is 5.05. The van der Waals surface area contributed by atoms with Crippen LogP contribution in [0.3, 0.4) is 0 Å². The molecule has 0 saturated carbocycles. The SMILES string of the molecule is c1ccc(-c2ccc(C3c4ccccc4-c4cc(-c5ccc(-n6c7ccccc7c7cc(-c8ccc(-n9c%10ccccc%10c%10ccccc%109)cc8)ccc76)cc5)ccc43)cc2)cc1. The topological polar surface area (TPSA) is 9.86 Å². The average Bonchev–Trinajstić information content (AvgIpc) is 4.00. The second-order valence-corrected chi connectivity index (χ2v) is 16.9. The first-order valence-electron chi connectivity index (χ1n) is 21.9. The second-order valence-electron chi connectivity index (χ2n) is 16.9. The van der Waals surface area contributed by atoms with Crippen LogP contribution in [0.15, 0.2) is 237 Å². The number of para-hydroxylation sites is 3. The van der Waals surface area contributed by atoms with E-state index in [0.29, 0.717) is 0 Å². The van der Waals surface area contributed by atoms with Crippen LogP contribution in [-0.4, -0.2) is 9.13 Å². The molecule has 0 saturated heterocycles. The highest BCUT2D eigenvalue weighted by Crippen LogP contribution is 2.49. The Balaban J connectivity index is 0.829. The largest absolute Gasteiger partial charge is 0.309 e. The van der Waals surface area contributed by atoms with E-state index in [-0.39, 0.29) is 5.92 Å². The fourth-order valence-electron chi connectivity index (χ4n) is 10.5. The van der Waals surface area contributed by atoms with E-state index < -0.39 is 0 Å². The lowest BCUT2D eigenvalue weighted by atomic mass is 9.88. The first-order chi connectivity index (χ1) is 31.2. The predicted molar refractivity (Wildman–Crippen MR) is 264 cm³/mol. The van der Waals surface area contributed by atoms with E-state index in [2.05, 4.69) is 246 Å². The van der Waals surface area contributed by atoms with Crippen LogP contribution < -0.4 is 0 Å². The molecule has 1 atom stereocenters. The van der Waals surface area contributed by atoms with E-state index >= 15 is 0 Å². The zero-order valence-electron chi connectivity index (χ0n) is 34.5. The third-order valence-corrected chi connectivity index (χ3v) is 13.4. The molecule has 0 fully saturated rings. The number of nitrogens with zero attached hydrogens (tertiary/aromatic N) is 2. The zero-order valence-corrected chi connectivity index (χ0v) is 34.5. The zero-order chi connectivity index (χ0) is 41.4. The molecule has 10 aromatic carbocycles. The smallest absolute Gasteiger partial charge is 0.0541 e. The highest BCUT2D eigenvalue weighted by atomic mass is 15.0. The molecule has 1 unspecified atom stereocenters. The van der Waals surface area contributed by atoms with Gasteiger partial charge in [0.05, 0.1) is 22.1 Å². The molecule has 0 aliphatic heterocycles. The van der Waals surface area contributed by atoms with Crippen molar-refractivity contribution in [1.29, 1.82) is 0 Å². The standard InChI is InChI=1S/C61H40N2/c1-2-12-40(13-3-1)41-22-24-44(25-23-41)61-53-18-5-4-14-49(53)55-38-45(30-36-54(55)61)42-26-34-48(35-27-42)63-59-21-11-8-17-52(59)56-39-46(31-37-60(56)63)43-28-32-47(33-29-43)62-57-19-9-6-15-50(57)51-16-7-10-20-58(51)62/h1-39,61H. The number of aromatic nitrogens is 2. The molecule has 2 nitrogen and oxygen atoms in total. The van der Waals surface area contributed by atoms with Crippen molar-refractivity contribution in [1.82, 2.24) is 9.13 Å². The maximum atomic E-state index is 2.41. The van der Waals surface area contributed by atoms with Gasteiger partial charge in [-0.3, -0.25) is 0 Å². The van der Waals surface area contributed by atoms with E-state index in [1.807, 2.05) is 0 Å². The van der Waals surface area contributed by atoms with Gasteiger partial charge in [0.25, 0.3) is 0 Å². The van der Waals surface area contributed by atoms with Gasteiger partial charge in [0.2, 0.25) is 0 Å². The van der Waals surface area contributed by atoms with Gasteiger partial charge >= 0.3 is 0 Å². The van der Waals surface area contributed by atoms with Crippen LogP contribution in [0.4, 0.5) is 0 Å². The van der Waals surface area contributed by atoms with Crippen LogP contribution in [0, 0.1) is 0 Å². The molecule has 0 radical (unpaired) electrons. The third kappa shape index (κ3) is 5.65. The Bertz CT molecular complexity index is 3650. The van der Waals surface area contributed by atoms with Gasteiger partial charge in [-0.05, 0) is 122 Å². The Morgan fingerprint density at radius 1 is 0.254 bits per heavy atom. The minimum absolute atomic E-state index is 0.207. The lowest BCUT2D eigenvalue weighted by Crippen LogP contribution is -1.99. The first-order valence-corrected chi connectivity index (χ1v) is 21.9. The first kappa shape index (κ1) is 35.5. The molecule has 13 rings (SSSR count). The Kier molecular flexibility index (Phi) is 8.01. The maximum Gasteiger partial charge on any atom is 0.0541 e. The van der Waals surface area contributed by atoms with Crippen LogP contribution in [0.5, 0.6) is 0 Å². The summed E-state index contributed by atoms with van der Waals surface area (Å²) >= 11 is 0. The minimum Gasteiger partial charge on any atom is -0.309 e. The normalized spacial score (nSPS) is 13.2. The summed E-state index contributed by atoms with van der Waals surface area (Å²) in [6, 6.07) is 87.1. The molecule has 0 amide bonds. The van der Waals surface area contributed by atoms with Crippen LogP contribution >= 0.6 is 0 Å². The van der Waals surface area contributed by atoms with Gasteiger partial charge in [-0.1, -0.05) is 176 Å². The molecule has 294 valence electrons. The van der Waals surface area contributed by atoms with Crippen molar-refractivity contribution in [3.05, 3.63) is 253 Å². The highest BCUT2D eigenvalue weighted by Gasteiger charge is 2.30. The third-order valence-electron chi connectivity index (χ3n) is 13.4. The van der Waals surface area contributed by atoms with Gasteiger partial charge in [0, 0.05) is 38.8 Å². The van der Waals surface area contributed by atoms with Gasteiger partial charge in [-0.2, -0.15) is 0 Å². The molecule has 0 bridgehead atoms. The molecular formula is C61H40N2. The Morgan fingerprint density at radius 3 is 1.29 bits per heavy atom. The van der Waals surface area contributed by atoms with E-state index in [4.69, 9.17) is 0 Å². The Hall–Kier alpha value is -8.20. The van der Waals surface area contributed by atoms with Crippen LogP contribution in [-0.2, 0) is 0 Å². The summed E-state index contributed by atoms with van der Waals surface area (Å²) in [4.78, 5) is 0. The fraction of sp³-hybridized carbons (Fsp3) is 0.0164. The molecule has 63 heavy (non-hydrogen) atoms. The van der Waals surface area contributed by atoms with E-state index in [9.17, 15) is 0 Å². The number of hydrogen-bond donors (Lipinski definition) is 0. The molecule has 2 heteroatoms. The molecule has 0 N–H and O–H groups in total. The summed E-state index contributed by atoms with van der Waals surface area (Å²) in [5.41, 5.74) is 21.2. The van der Waals surface area contributed by atoms with Crippen molar-refractivity contribution < 1.29 is 0 Å². The number of hydrogen-bond acceptors (Lipinski definition) is 0. The Labute approximate surface area is 366 Å². The monoisotopic (exact) mass is 800 g/mol. The van der Waals surface area contributed by atoms with Gasteiger partial charge in [-0.15, -0.1) is 0 Å². The molecule has 2 aromatic heterocycles.